The van der Waals surface area contributed by atoms with Gasteiger partial charge < -0.3 is 14.5 Å². The highest BCUT2D eigenvalue weighted by molar-refractivity contribution is 7.22. The third-order valence-corrected chi connectivity index (χ3v) is 7.03. The zero-order valence-corrected chi connectivity index (χ0v) is 17.1. The van der Waals surface area contributed by atoms with Crippen molar-refractivity contribution in [3.8, 4) is 0 Å². The summed E-state index contributed by atoms with van der Waals surface area (Å²) in [5.41, 5.74) is 2.51. The molecule has 2 aliphatic rings. The van der Waals surface area contributed by atoms with E-state index in [0.29, 0.717) is 12.5 Å². The highest BCUT2D eigenvalue weighted by atomic mass is 32.1. The number of nitrogens with zero attached hydrogens (tertiary/aromatic N) is 3. The lowest BCUT2D eigenvalue weighted by molar-refractivity contribution is -0.134. The van der Waals surface area contributed by atoms with Crippen LogP contribution in [0.15, 0.2) is 18.2 Å². The van der Waals surface area contributed by atoms with Crippen LogP contribution in [0.5, 0.6) is 0 Å². The molecular formula is C21H29N3O2S. The molecule has 146 valence electrons. The van der Waals surface area contributed by atoms with Gasteiger partial charge in [-0.25, -0.2) is 4.98 Å². The van der Waals surface area contributed by atoms with E-state index in [9.17, 15) is 4.79 Å². The molecule has 1 aromatic carbocycles. The molecule has 3 heterocycles. The summed E-state index contributed by atoms with van der Waals surface area (Å²) in [6, 6.07) is 6.49. The van der Waals surface area contributed by atoms with Crippen LogP contribution in [0.25, 0.3) is 10.2 Å². The lowest BCUT2D eigenvalue weighted by Gasteiger charge is -2.34. The molecule has 0 saturated carbocycles. The number of rotatable bonds is 5. The predicted octanol–water partition coefficient (Wildman–Crippen LogP) is 3.57. The molecule has 1 unspecified atom stereocenters. The maximum Gasteiger partial charge on any atom is 0.227 e. The Morgan fingerprint density at radius 2 is 2.15 bits per heavy atom. The summed E-state index contributed by atoms with van der Waals surface area (Å²) >= 11 is 1.81. The summed E-state index contributed by atoms with van der Waals surface area (Å²) in [5.74, 6) is 0.914. The number of para-hydroxylation sites is 1. The van der Waals surface area contributed by atoms with Crippen LogP contribution in [0.1, 0.15) is 31.7 Å². The van der Waals surface area contributed by atoms with Crippen LogP contribution in [0.4, 0.5) is 5.13 Å². The number of aryl methyl sites for hydroxylation is 1. The van der Waals surface area contributed by atoms with Gasteiger partial charge in [0.25, 0.3) is 0 Å². The number of anilines is 1. The Balaban J connectivity index is 1.34. The van der Waals surface area contributed by atoms with E-state index in [1.165, 1.54) is 15.8 Å². The van der Waals surface area contributed by atoms with Crippen molar-refractivity contribution >= 4 is 32.6 Å². The average molecular weight is 388 g/mol. The molecule has 5 nitrogen and oxygen atoms in total. The second-order valence-electron chi connectivity index (χ2n) is 7.82. The highest BCUT2D eigenvalue weighted by Gasteiger charge is 2.29. The quantitative estimate of drug-likeness (QED) is 0.787. The topological polar surface area (TPSA) is 45.7 Å². The van der Waals surface area contributed by atoms with E-state index in [4.69, 9.17) is 9.72 Å². The first-order valence-electron chi connectivity index (χ1n) is 10.1. The fraction of sp³-hybridized carbons (Fsp3) is 0.619. The van der Waals surface area contributed by atoms with E-state index < -0.39 is 0 Å². The van der Waals surface area contributed by atoms with Crippen LogP contribution in [0.2, 0.25) is 0 Å². The number of piperidine rings is 1. The largest absolute Gasteiger partial charge is 0.381 e. The number of aromatic nitrogens is 1. The van der Waals surface area contributed by atoms with Crippen molar-refractivity contribution in [3.63, 3.8) is 0 Å². The summed E-state index contributed by atoms with van der Waals surface area (Å²) in [6.07, 6.45) is 4.14. The van der Waals surface area contributed by atoms with Crippen LogP contribution in [0, 0.1) is 11.8 Å². The zero-order chi connectivity index (χ0) is 18.8. The second kappa shape index (κ2) is 8.15. The Bertz CT molecular complexity index is 792. The number of carbonyl (C=O) groups is 1. The second-order valence-corrected chi connectivity index (χ2v) is 8.83. The average Bonchev–Trinajstić information content (AvgIpc) is 3.37. The normalized spacial score (nSPS) is 21.1. The zero-order valence-electron chi connectivity index (χ0n) is 16.3. The molecule has 0 radical (unpaired) electrons. The van der Waals surface area contributed by atoms with E-state index in [1.54, 1.807) is 11.3 Å². The van der Waals surface area contributed by atoms with Gasteiger partial charge in [-0.2, -0.15) is 0 Å². The Morgan fingerprint density at radius 1 is 1.33 bits per heavy atom. The Kier molecular flexibility index (Phi) is 5.64. The molecule has 4 rings (SSSR count). The number of amides is 1. The summed E-state index contributed by atoms with van der Waals surface area (Å²) in [6.45, 7) is 6.43. The SMILES string of the molecule is CCc1cccc2sc(N3CCC(CN(C)C(=O)C4CCOC4)CC3)nc12. The molecule has 1 aromatic heterocycles. The Hall–Kier alpha value is -1.66. The van der Waals surface area contributed by atoms with Crippen molar-refractivity contribution in [2.45, 2.75) is 32.6 Å². The van der Waals surface area contributed by atoms with E-state index in [2.05, 4.69) is 30.0 Å². The molecular weight excluding hydrogens is 358 g/mol. The Morgan fingerprint density at radius 3 is 2.85 bits per heavy atom. The van der Waals surface area contributed by atoms with Crippen molar-refractivity contribution in [3.05, 3.63) is 23.8 Å². The monoisotopic (exact) mass is 387 g/mol. The van der Waals surface area contributed by atoms with Crippen LogP contribution < -0.4 is 4.90 Å². The first kappa shape index (κ1) is 18.7. The van der Waals surface area contributed by atoms with Gasteiger partial charge >= 0.3 is 0 Å². The third-order valence-electron chi connectivity index (χ3n) is 5.94. The van der Waals surface area contributed by atoms with Crippen LogP contribution in [-0.4, -0.2) is 55.7 Å². The van der Waals surface area contributed by atoms with Crippen molar-refractivity contribution in [1.29, 1.82) is 0 Å². The van der Waals surface area contributed by atoms with Crippen molar-refractivity contribution in [2.24, 2.45) is 11.8 Å². The van der Waals surface area contributed by atoms with Gasteiger partial charge in [0.2, 0.25) is 5.91 Å². The number of carbonyl (C=O) groups excluding carboxylic acids is 1. The van der Waals surface area contributed by atoms with Crippen molar-refractivity contribution in [1.82, 2.24) is 9.88 Å². The highest BCUT2D eigenvalue weighted by Crippen LogP contribution is 2.33. The minimum atomic E-state index is 0.0746. The van der Waals surface area contributed by atoms with Crippen LogP contribution in [-0.2, 0) is 16.0 Å². The number of hydrogen-bond donors (Lipinski definition) is 0. The summed E-state index contributed by atoms with van der Waals surface area (Å²) in [5, 5.41) is 1.15. The van der Waals surface area contributed by atoms with Crippen molar-refractivity contribution in [2.75, 3.05) is 44.8 Å². The van der Waals surface area contributed by atoms with E-state index >= 15 is 0 Å². The summed E-state index contributed by atoms with van der Waals surface area (Å²) in [7, 11) is 1.95. The first-order chi connectivity index (χ1) is 13.2. The molecule has 1 amide bonds. The van der Waals surface area contributed by atoms with E-state index in [0.717, 1.165) is 57.1 Å². The Labute approximate surface area is 165 Å². The number of hydrogen-bond acceptors (Lipinski definition) is 5. The minimum Gasteiger partial charge on any atom is -0.381 e. The number of fused-ring (bicyclic) bond motifs is 1. The molecule has 2 aromatic rings. The maximum absolute atomic E-state index is 12.5. The molecule has 0 bridgehead atoms. The first-order valence-corrected chi connectivity index (χ1v) is 10.9. The molecule has 6 heteroatoms. The van der Waals surface area contributed by atoms with Gasteiger partial charge in [-0.1, -0.05) is 30.4 Å². The fourth-order valence-corrected chi connectivity index (χ4v) is 5.30. The minimum absolute atomic E-state index is 0.0746. The van der Waals surface area contributed by atoms with E-state index in [-0.39, 0.29) is 11.8 Å². The lowest BCUT2D eigenvalue weighted by atomic mass is 9.96. The summed E-state index contributed by atoms with van der Waals surface area (Å²) < 4.78 is 6.65. The van der Waals surface area contributed by atoms with Crippen LogP contribution >= 0.6 is 11.3 Å². The van der Waals surface area contributed by atoms with Gasteiger partial charge in [-0.15, -0.1) is 0 Å². The lowest BCUT2D eigenvalue weighted by Crippen LogP contribution is -2.41. The number of ether oxygens (including phenoxy) is 1. The number of thiazole rings is 1. The molecule has 0 aliphatic carbocycles. The predicted molar refractivity (Wildman–Crippen MR) is 110 cm³/mol. The standard InChI is InChI=1S/C21H29N3O2S/c1-3-16-5-4-6-18-19(16)22-21(27-18)24-10-7-15(8-11-24)13-23(2)20(25)17-9-12-26-14-17/h4-6,15,17H,3,7-14H2,1-2H3. The number of benzene rings is 1. The van der Waals surface area contributed by atoms with Crippen LogP contribution in [0.3, 0.4) is 0 Å². The van der Waals surface area contributed by atoms with Gasteiger partial charge in [0.15, 0.2) is 5.13 Å². The molecule has 2 aliphatic heterocycles. The molecule has 2 saturated heterocycles. The maximum atomic E-state index is 12.5. The van der Waals surface area contributed by atoms with Gasteiger partial charge in [0, 0.05) is 33.3 Å². The third kappa shape index (κ3) is 3.97. The van der Waals surface area contributed by atoms with Crippen molar-refractivity contribution < 1.29 is 9.53 Å². The summed E-state index contributed by atoms with van der Waals surface area (Å²) in [4.78, 5) is 21.8. The molecule has 2 fully saturated rings. The smallest absolute Gasteiger partial charge is 0.227 e. The molecule has 27 heavy (non-hydrogen) atoms. The van der Waals surface area contributed by atoms with Gasteiger partial charge in [0.1, 0.15) is 0 Å². The van der Waals surface area contributed by atoms with Gasteiger partial charge in [-0.3, -0.25) is 4.79 Å². The fourth-order valence-electron chi connectivity index (χ4n) is 4.24. The van der Waals surface area contributed by atoms with E-state index in [1.807, 2.05) is 11.9 Å². The molecule has 0 N–H and O–H groups in total. The van der Waals surface area contributed by atoms with Gasteiger partial charge in [-0.05, 0) is 43.2 Å². The van der Waals surface area contributed by atoms with Gasteiger partial charge in [0.05, 0.1) is 22.7 Å². The molecule has 1 atom stereocenters. The molecule has 0 spiro atoms.